The summed E-state index contributed by atoms with van der Waals surface area (Å²) in [4.78, 5) is 129. The SMILES string of the molecule is CCC(C)C(N)C(=O)NC(C)C(=O)NC(CCCN=C(N)N)C(=O)NCC(=O)NC(CC(=O)O)C(=O)NC(CCSC)C(=O)NC(CC(N)=O)C(=O)NC(C)C(=O)O. The summed E-state index contributed by atoms with van der Waals surface area (Å²) >= 11 is 1.26. The number of rotatable bonds is 28. The molecule has 17 N–H and O–H groups in total. The summed E-state index contributed by atoms with van der Waals surface area (Å²) in [7, 11) is 0. The van der Waals surface area contributed by atoms with Gasteiger partial charge in [-0.1, -0.05) is 20.3 Å². The summed E-state index contributed by atoms with van der Waals surface area (Å²) in [6.45, 7) is 5.39. The first-order chi connectivity index (χ1) is 27.0. The third-order valence-electron chi connectivity index (χ3n) is 8.35. The fourth-order valence-corrected chi connectivity index (χ4v) is 5.18. The van der Waals surface area contributed by atoms with Gasteiger partial charge in [-0.25, -0.2) is 0 Å². The average Bonchev–Trinajstić information content (AvgIpc) is 3.14. The van der Waals surface area contributed by atoms with Crippen molar-refractivity contribution in [2.24, 2.45) is 33.8 Å². The largest absolute Gasteiger partial charge is 0.481 e. The van der Waals surface area contributed by atoms with Crippen molar-refractivity contribution in [3.63, 3.8) is 0 Å². The Kier molecular flexibility index (Phi) is 24.3. The Labute approximate surface area is 339 Å². The lowest BCUT2D eigenvalue weighted by atomic mass is 9.99. The van der Waals surface area contributed by atoms with Crippen molar-refractivity contribution in [2.45, 2.75) is 109 Å². The molecule has 0 aliphatic heterocycles. The number of carbonyl (C=O) groups excluding carboxylic acids is 8. The number of nitrogens with zero attached hydrogens (tertiary/aromatic N) is 1. The van der Waals surface area contributed by atoms with Crippen molar-refractivity contribution in [3.8, 4) is 0 Å². The lowest BCUT2D eigenvalue weighted by Gasteiger charge is -2.25. The Balaban J connectivity index is 5.93. The molecule has 0 aromatic heterocycles. The van der Waals surface area contributed by atoms with E-state index >= 15 is 0 Å². The van der Waals surface area contributed by atoms with Gasteiger partial charge < -0.3 is 70.4 Å². The van der Waals surface area contributed by atoms with Crippen LogP contribution in [0.5, 0.6) is 0 Å². The van der Waals surface area contributed by atoms with Gasteiger partial charge in [-0.05, 0) is 51.0 Å². The van der Waals surface area contributed by atoms with E-state index in [0.717, 1.165) is 6.92 Å². The first kappa shape index (κ1) is 52.3. The second-order valence-corrected chi connectivity index (χ2v) is 14.2. The van der Waals surface area contributed by atoms with Gasteiger partial charge in [0.2, 0.25) is 47.3 Å². The number of nitrogens with two attached hydrogens (primary N) is 4. The second-order valence-electron chi connectivity index (χ2n) is 13.2. The maximum Gasteiger partial charge on any atom is 0.325 e. The summed E-state index contributed by atoms with van der Waals surface area (Å²) < 4.78 is 0. The van der Waals surface area contributed by atoms with E-state index < -0.39 is 121 Å². The zero-order valence-electron chi connectivity index (χ0n) is 33.1. The lowest BCUT2D eigenvalue weighted by molar-refractivity contribution is -0.142. The van der Waals surface area contributed by atoms with Gasteiger partial charge in [0.15, 0.2) is 5.96 Å². The van der Waals surface area contributed by atoms with Gasteiger partial charge in [0.05, 0.1) is 25.4 Å². The minimum Gasteiger partial charge on any atom is -0.481 e. The molecule has 0 rings (SSSR count). The summed E-state index contributed by atoms with van der Waals surface area (Å²) in [5, 5.41) is 34.7. The predicted molar refractivity (Wildman–Crippen MR) is 210 cm³/mol. The highest BCUT2D eigenvalue weighted by atomic mass is 32.2. The number of hydrogen-bond acceptors (Lipinski definition) is 13. The van der Waals surface area contributed by atoms with Gasteiger partial charge in [-0.3, -0.25) is 52.9 Å². The Morgan fingerprint density at radius 3 is 1.71 bits per heavy atom. The maximum atomic E-state index is 13.3. The molecule has 0 spiro atoms. The molecule has 0 saturated heterocycles. The van der Waals surface area contributed by atoms with E-state index in [1.54, 1.807) is 13.2 Å². The molecule has 0 heterocycles. The van der Waals surface area contributed by atoms with Crippen molar-refractivity contribution < 1.29 is 58.2 Å². The zero-order valence-corrected chi connectivity index (χ0v) is 33.9. The number of carboxylic acid groups (broad SMARTS) is 2. The molecule has 0 aliphatic rings. The van der Waals surface area contributed by atoms with Crippen LogP contribution in [0.4, 0.5) is 0 Å². The molecule has 0 saturated carbocycles. The smallest absolute Gasteiger partial charge is 0.325 e. The number of nitrogens with one attached hydrogen (secondary N) is 7. The standard InChI is InChI=1S/C33H58N12O12S/c1-6-15(2)25(35)31(55)40-16(3)26(50)43-18(8-7-10-38-33(36)37)27(51)39-14-23(47)42-21(13-24(48)49)30(54)44-19(9-11-58-5)28(52)45-20(12-22(34)46)29(53)41-17(4)32(56)57/h15-21,25H,6-14,35H2,1-5H3,(H2,34,46)(H,39,51)(H,40,55)(H,41,53)(H,42,47)(H,43,50)(H,44,54)(H,45,52)(H,48,49)(H,56,57)(H4,36,37,38). The Hall–Kier alpha value is -5.72. The van der Waals surface area contributed by atoms with E-state index in [0.29, 0.717) is 6.42 Å². The number of aliphatic carboxylic acids is 2. The zero-order chi connectivity index (χ0) is 44.7. The van der Waals surface area contributed by atoms with Crippen LogP contribution in [-0.4, -0.2) is 143 Å². The highest BCUT2D eigenvalue weighted by molar-refractivity contribution is 7.98. The van der Waals surface area contributed by atoms with Gasteiger partial charge >= 0.3 is 11.9 Å². The van der Waals surface area contributed by atoms with Crippen LogP contribution in [0, 0.1) is 5.92 Å². The molecule has 0 aromatic rings. The number of amides is 8. The van der Waals surface area contributed by atoms with Crippen LogP contribution in [-0.2, 0) is 47.9 Å². The summed E-state index contributed by atoms with van der Waals surface area (Å²) in [5.74, 6) is -10.6. The molecule has 0 bridgehead atoms. The third kappa shape index (κ3) is 21.0. The van der Waals surface area contributed by atoms with E-state index in [4.69, 9.17) is 28.0 Å². The third-order valence-corrected chi connectivity index (χ3v) is 9.00. The molecule has 0 fully saturated rings. The van der Waals surface area contributed by atoms with E-state index in [2.05, 4.69) is 42.2 Å². The first-order valence-electron chi connectivity index (χ1n) is 18.2. The normalized spacial score (nSPS) is 14.9. The van der Waals surface area contributed by atoms with Gasteiger partial charge in [0, 0.05) is 6.54 Å². The van der Waals surface area contributed by atoms with Crippen LogP contribution < -0.4 is 60.2 Å². The number of guanidine groups is 1. The lowest BCUT2D eigenvalue weighted by Crippen LogP contribution is -2.59. The van der Waals surface area contributed by atoms with Crippen LogP contribution in [0.2, 0.25) is 0 Å². The van der Waals surface area contributed by atoms with E-state index in [1.165, 1.54) is 18.7 Å². The quantitative estimate of drug-likeness (QED) is 0.0199. The molecular formula is C33H58N12O12S. The van der Waals surface area contributed by atoms with Crippen molar-refractivity contribution in [1.82, 2.24) is 37.2 Å². The molecule has 0 aromatic carbocycles. The average molecular weight is 847 g/mol. The van der Waals surface area contributed by atoms with Gasteiger partial charge in [-0.15, -0.1) is 0 Å². The molecule has 25 heteroatoms. The molecule has 24 nitrogen and oxygen atoms in total. The first-order valence-corrected chi connectivity index (χ1v) is 19.5. The predicted octanol–water partition coefficient (Wildman–Crippen LogP) is -5.33. The van der Waals surface area contributed by atoms with Crippen LogP contribution in [0.15, 0.2) is 4.99 Å². The van der Waals surface area contributed by atoms with E-state index in [9.17, 15) is 53.1 Å². The topological polar surface area (TPSA) is 412 Å². The molecule has 0 aliphatic carbocycles. The molecule has 8 atom stereocenters. The van der Waals surface area contributed by atoms with Gasteiger partial charge in [0.25, 0.3) is 0 Å². The molecule has 0 radical (unpaired) electrons. The molecule has 328 valence electrons. The fourth-order valence-electron chi connectivity index (χ4n) is 4.71. The minimum absolute atomic E-state index is 0.0346. The fraction of sp³-hybridized carbons (Fsp3) is 0.667. The monoisotopic (exact) mass is 846 g/mol. The summed E-state index contributed by atoms with van der Waals surface area (Å²) in [6.07, 6.45) is 0.644. The Bertz CT molecular complexity index is 1510. The van der Waals surface area contributed by atoms with Crippen LogP contribution in [0.25, 0.3) is 0 Å². The second kappa shape index (κ2) is 27.0. The van der Waals surface area contributed by atoms with Gasteiger partial charge in [-0.2, -0.15) is 11.8 Å². The minimum atomic E-state index is -1.80. The highest BCUT2D eigenvalue weighted by Crippen LogP contribution is 2.07. The van der Waals surface area contributed by atoms with Crippen molar-refractivity contribution in [1.29, 1.82) is 0 Å². The summed E-state index contributed by atoms with van der Waals surface area (Å²) in [5.41, 5.74) is 21.8. The van der Waals surface area contributed by atoms with Crippen molar-refractivity contribution in [3.05, 3.63) is 0 Å². The van der Waals surface area contributed by atoms with Crippen molar-refractivity contribution in [2.75, 3.05) is 25.1 Å². The molecule has 8 amide bonds. The van der Waals surface area contributed by atoms with E-state index in [-0.39, 0.29) is 43.4 Å². The number of thioether (sulfide) groups is 1. The van der Waals surface area contributed by atoms with Crippen LogP contribution in [0.1, 0.15) is 66.2 Å². The number of primary amides is 1. The Morgan fingerprint density at radius 2 is 1.17 bits per heavy atom. The maximum absolute atomic E-state index is 13.3. The van der Waals surface area contributed by atoms with Crippen LogP contribution in [0.3, 0.4) is 0 Å². The van der Waals surface area contributed by atoms with E-state index in [1.807, 2.05) is 6.92 Å². The van der Waals surface area contributed by atoms with Gasteiger partial charge in [0.1, 0.15) is 36.3 Å². The number of carboxylic acids is 2. The highest BCUT2D eigenvalue weighted by Gasteiger charge is 2.33. The molecule has 58 heavy (non-hydrogen) atoms. The summed E-state index contributed by atoms with van der Waals surface area (Å²) in [6, 6.07) is -9.59. The molecular weight excluding hydrogens is 789 g/mol. The van der Waals surface area contributed by atoms with Crippen LogP contribution >= 0.6 is 11.8 Å². The Morgan fingerprint density at radius 1 is 0.655 bits per heavy atom. The molecule has 8 unspecified atom stereocenters. The van der Waals surface area contributed by atoms with Crippen molar-refractivity contribution >= 4 is 76.9 Å². The number of hydrogen-bond donors (Lipinski definition) is 13. The number of carbonyl (C=O) groups is 10. The number of aliphatic imine (C=N–C) groups is 1.